The van der Waals surface area contributed by atoms with Crippen LogP contribution in [-0.2, 0) is 0 Å². The van der Waals surface area contributed by atoms with E-state index in [4.69, 9.17) is 10.8 Å². The average molecular weight is 143 g/mol. The molecule has 0 amide bonds. The second-order valence-corrected chi connectivity index (χ2v) is 2.37. The zero-order valence-electron chi connectivity index (χ0n) is 5.95. The van der Waals surface area contributed by atoms with Crippen LogP contribution in [0, 0.1) is 0 Å². The number of nitrogens with two attached hydrogens (primary N) is 1. The van der Waals surface area contributed by atoms with Gasteiger partial charge in [0.1, 0.15) is 5.84 Å². The van der Waals surface area contributed by atoms with E-state index in [1.807, 2.05) is 5.01 Å². The van der Waals surface area contributed by atoms with Crippen molar-refractivity contribution in [1.82, 2.24) is 5.01 Å². The Hall–Kier alpha value is -0.770. The van der Waals surface area contributed by atoms with E-state index in [2.05, 4.69) is 5.10 Å². The summed E-state index contributed by atoms with van der Waals surface area (Å²) in [6.45, 7) is 1.95. The molecule has 58 valence electrons. The fourth-order valence-electron chi connectivity index (χ4n) is 0.940. The van der Waals surface area contributed by atoms with Gasteiger partial charge in [0.2, 0.25) is 0 Å². The molecule has 0 fully saturated rings. The van der Waals surface area contributed by atoms with Gasteiger partial charge in [-0.05, 0) is 6.42 Å². The summed E-state index contributed by atoms with van der Waals surface area (Å²) < 4.78 is 0. The lowest BCUT2D eigenvalue weighted by atomic mass is 10.4. The van der Waals surface area contributed by atoms with Crippen LogP contribution in [-0.4, -0.2) is 35.6 Å². The number of aliphatic hydroxyl groups excluding tert-OH is 1. The molecule has 0 radical (unpaired) electrons. The highest BCUT2D eigenvalue weighted by atomic mass is 16.3. The standard InChI is InChI=1S/C6H13N3O/c7-6-2-4-9(8-6)3-1-5-10/h10H,1-5H2,(H2,7,8). The maximum absolute atomic E-state index is 8.49. The second kappa shape index (κ2) is 3.41. The highest BCUT2D eigenvalue weighted by Crippen LogP contribution is 2.02. The highest BCUT2D eigenvalue weighted by Gasteiger charge is 2.09. The van der Waals surface area contributed by atoms with Gasteiger partial charge in [0.25, 0.3) is 0 Å². The summed E-state index contributed by atoms with van der Waals surface area (Å²) >= 11 is 0. The first-order valence-corrected chi connectivity index (χ1v) is 3.51. The van der Waals surface area contributed by atoms with Crippen molar-refractivity contribution >= 4 is 5.84 Å². The molecule has 3 N–H and O–H groups in total. The van der Waals surface area contributed by atoms with Gasteiger partial charge in [-0.3, -0.25) is 5.01 Å². The summed E-state index contributed by atoms with van der Waals surface area (Å²) in [5.41, 5.74) is 5.44. The van der Waals surface area contributed by atoms with E-state index in [1.54, 1.807) is 0 Å². The Kier molecular flexibility index (Phi) is 2.50. The van der Waals surface area contributed by atoms with E-state index >= 15 is 0 Å². The number of hydrogen-bond acceptors (Lipinski definition) is 4. The average Bonchev–Trinajstić information content (AvgIpc) is 2.31. The summed E-state index contributed by atoms with van der Waals surface area (Å²) in [6, 6.07) is 0. The van der Waals surface area contributed by atoms with Crippen LogP contribution < -0.4 is 5.73 Å². The molecule has 0 aromatic heterocycles. The van der Waals surface area contributed by atoms with Crippen LogP contribution in [0.5, 0.6) is 0 Å². The van der Waals surface area contributed by atoms with Gasteiger partial charge in [-0.25, -0.2) is 0 Å². The van der Waals surface area contributed by atoms with Crippen LogP contribution in [0.3, 0.4) is 0 Å². The molecule has 4 heteroatoms. The minimum Gasteiger partial charge on any atom is -0.396 e. The normalized spacial score (nSPS) is 17.7. The SMILES string of the molecule is NC1=NN(CCCO)CC1. The molecule has 0 bridgehead atoms. The van der Waals surface area contributed by atoms with Crippen molar-refractivity contribution in [3.63, 3.8) is 0 Å². The van der Waals surface area contributed by atoms with Crippen molar-refractivity contribution < 1.29 is 5.11 Å². The predicted molar refractivity (Wildman–Crippen MR) is 39.5 cm³/mol. The number of nitrogens with zero attached hydrogens (tertiary/aromatic N) is 2. The first-order valence-electron chi connectivity index (χ1n) is 3.51. The van der Waals surface area contributed by atoms with E-state index in [0.717, 1.165) is 25.9 Å². The number of rotatable bonds is 3. The third-order valence-electron chi connectivity index (χ3n) is 1.47. The monoisotopic (exact) mass is 143 g/mol. The van der Waals surface area contributed by atoms with Crippen LogP contribution in [0.25, 0.3) is 0 Å². The third-order valence-corrected chi connectivity index (χ3v) is 1.47. The van der Waals surface area contributed by atoms with Crippen molar-refractivity contribution in [2.24, 2.45) is 10.8 Å². The van der Waals surface area contributed by atoms with Crippen molar-refractivity contribution in [2.75, 3.05) is 19.7 Å². The van der Waals surface area contributed by atoms with Crippen molar-refractivity contribution in [3.8, 4) is 0 Å². The van der Waals surface area contributed by atoms with Crippen LogP contribution in [0.2, 0.25) is 0 Å². The molecule has 1 aliphatic rings. The summed E-state index contributed by atoms with van der Waals surface area (Å²) in [6.07, 6.45) is 1.64. The molecule has 1 rings (SSSR count). The Morgan fingerprint density at radius 2 is 2.50 bits per heavy atom. The molecule has 0 saturated heterocycles. The van der Waals surface area contributed by atoms with E-state index in [-0.39, 0.29) is 6.61 Å². The number of hydrazone groups is 1. The van der Waals surface area contributed by atoms with Gasteiger partial charge in [-0.2, -0.15) is 5.10 Å². The number of amidine groups is 1. The topological polar surface area (TPSA) is 61.8 Å². The molecule has 0 aromatic rings. The highest BCUT2D eigenvalue weighted by molar-refractivity contribution is 5.81. The quantitative estimate of drug-likeness (QED) is 0.551. The van der Waals surface area contributed by atoms with Gasteiger partial charge in [-0.1, -0.05) is 0 Å². The lowest BCUT2D eigenvalue weighted by Crippen LogP contribution is -2.16. The van der Waals surface area contributed by atoms with E-state index in [1.165, 1.54) is 0 Å². The first kappa shape index (κ1) is 7.34. The van der Waals surface area contributed by atoms with Crippen molar-refractivity contribution in [3.05, 3.63) is 0 Å². The van der Waals surface area contributed by atoms with Crippen LogP contribution in [0.1, 0.15) is 12.8 Å². The summed E-state index contributed by atoms with van der Waals surface area (Å²) in [4.78, 5) is 0. The van der Waals surface area contributed by atoms with Gasteiger partial charge >= 0.3 is 0 Å². The Bertz CT molecular complexity index is 135. The summed E-state index contributed by atoms with van der Waals surface area (Å²) in [5.74, 6) is 0.706. The van der Waals surface area contributed by atoms with E-state index in [0.29, 0.717) is 5.84 Å². The number of hydrogen-bond donors (Lipinski definition) is 2. The Morgan fingerprint density at radius 3 is 3.00 bits per heavy atom. The van der Waals surface area contributed by atoms with E-state index < -0.39 is 0 Å². The molecule has 0 unspecified atom stereocenters. The Morgan fingerprint density at radius 1 is 1.70 bits per heavy atom. The maximum atomic E-state index is 8.49. The Labute approximate surface area is 60.3 Å². The fourth-order valence-corrected chi connectivity index (χ4v) is 0.940. The molecule has 0 spiro atoms. The van der Waals surface area contributed by atoms with Gasteiger partial charge in [0, 0.05) is 26.1 Å². The van der Waals surface area contributed by atoms with Gasteiger partial charge in [0.05, 0.1) is 0 Å². The van der Waals surface area contributed by atoms with Crippen LogP contribution in [0.4, 0.5) is 0 Å². The molecule has 0 aliphatic carbocycles. The molecule has 10 heavy (non-hydrogen) atoms. The van der Waals surface area contributed by atoms with E-state index in [9.17, 15) is 0 Å². The fraction of sp³-hybridized carbons (Fsp3) is 0.833. The molecule has 0 saturated carbocycles. The van der Waals surface area contributed by atoms with Crippen LogP contribution >= 0.6 is 0 Å². The Balaban J connectivity index is 2.18. The number of aliphatic hydroxyl groups is 1. The second-order valence-electron chi connectivity index (χ2n) is 2.37. The first-order chi connectivity index (χ1) is 4.83. The predicted octanol–water partition coefficient (Wildman–Crippen LogP) is -0.653. The van der Waals surface area contributed by atoms with Crippen molar-refractivity contribution in [1.29, 1.82) is 0 Å². The van der Waals surface area contributed by atoms with Crippen molar-refractivity contribution in [2.45, 2.75) is 12.8 Å². The minimum absolute atomic E-state index is 0.228. The van der Waals surface area contributed by atoms with Crippen LogP contribution in [0.15, 0.2) is 5.10 Å². The van der Waals surface area contributed by atoms with Gasteiger partial charge in [-0.15, -0.1) is 0 Å². The largest absolute Gasteiger partial charge is 0.396 e. The molecule has 0 aromatic carbocycles. The molecular weight excluding hydrogens is 130 g/mol. The van der Waals surface area contributed by atoms with Gasteiger partial charge in [0.15, 0.2) is 0 Å². The molecule has 1 heterocycles. The minimum atomic E-state index is 0.228. The lowest BCUT2D eigenvalue weighted by Gasteiger charge is -2.10. The molecule has 0 atom stereocenters. The zero-order chi connectivity index (χ0) is 7.40. The third kappa shape index (κ3) is 1.88. The lowest BCUT2D eigenvalue weighted by molar-refractivity contribution is 0.241. The smallest absolute Gasteiger partial charge is 0.121 e. The van der Waals surface area contributed by atoms with Gasteiger partial charge < -0.3 is 10.8 Å². The maximum Gasteiger partial charge on any atom is 0.121 e. The summed E-state index contributed by atoms with van der Waals surface area (Å²) in [7, 11) is 0. The molecule has 1 aliphatic heterocycles. The summed E-state index contributed by atoms with van der Waals surface area (Å²) in [5, 5.41) is 14.4. The zero-order valence-corrected chi connectivity index (χ0v) is 5.95. The molecule has 4 nitrogen and oxygen atoms in total. The molecular formula is C6H13N3O.